The number of rotatable bonds is 3. The third-order valence-corrected chi connectivity index (χ3v) is 4.18. The number of benzene rings is 1. The van der Waals surface area contributed by atoms with Gasteiger partial charge in [-0.25, -0.2) is 9.97 Å². The average molecular weight is 307 g/mol. The Balaban J connectivity index is 1.52. The van der Waals surface area contributed by atoms with Gasteiger partial charge in [-0.3, -0.25) is 9.36 Å². The standard InChI is InChI=1S/C17H17N5O/c23-17(20-13-6-7-16-19-8-9-21(16)11-13)15-10-18-12-22(15)14-4-2-1-3-5-14/h1-5,8-10,12-13H,6-7,11H2,(H,20,23)/t13-/m1/s1. The summed E-state index contributed by atoms with van der Waals surface area (Å²) >= 11 is 0. The quantitative estimate of drug-likeness (QED) is 0.802. The molecule has 116 valence electrons. The van der Waals surface area contributed by atoms with Crippen molar-refractivity contribution in [3.63, 3.8) is 0 Å². The highest BCUT2D eigenvalue weighted by Crippen LogP contribution is 2.15. The molecule has 0 radical (unpaired) electrons. The summed E-state index contributed by atoms with van der Waals surface area (Å²) in [6.07, 6.45) is 8.83. The highest BCUT2D eigenvalue weighted by molar-refractivity contribution is 5.93. The molecule has 1 amide bonds. The van der Waals surface area contributed by atoms with Crippen LogP contribution in [-0.4, -0.2) is 31.1 Å². The first kappa shape index (κ1) is 13.8. The van der Waals surface area contributed by atoms with Crippen molar-refractivity contribution in [3.8, 4) is 5.69 Å². The van der Waals surface area contributed by atoms with Gasteiger partial charge >= 0.3 is 0 Å². The Morgan fingerprint density at radius 3 is 3.00 bits per heavy atom. The number of carbonyl (C=O) groups is 1. The monoisotopic (exact) mass is 307 g/mol. The summed E-state index contributed by atoms with van der Waals surface area (Å²) in [5.41, 5.74) is 1.48. The van der Waals surface area contributed by atoms with E-state index in [2.05, 4.69) is 19.9 Å². The first-order chi connectivity index (χ1) is 11.3. The van der Waals surface area contributed by atoms with Gasteiger partial charge in [0.15, 0.2) is 0 Å². The van der Waals surface area contributed by atoms with Gasteiger partial charge in [0, 0.05) is 37.1 Å². The summed E-state index contributed by atoms with van der Waals surface area (Å²) in [5.74, 6) is 0.991. The van der Waals surface area contributed by atoms with Gasteiger partial charge in [-0.2, -0.15) is 0 Å². The van der Waals surface area contributed by atoms with Crippen LogP contribution in [0.15, 0.2) is 55.2 Å². The molecule has 0 unspecified atom stereocenters. The van der Waals surface area contributed by atoms with Crippen LogP contribution in [0.25, 0.3) is 5.69 Å². The number of aryl methyl sites for hydroxylation is 1. The van der Waals surface area contributed by atoms with Crippen LogP contribution >= 0.6 is 0 Å². The van der Waals surface area contributed by atoms with Crippen LogP contribution in [-0.2, 0) is 13.0 Å². The molecule has 1 aliphatic rings. The zero-order valence-electron chi connectivity index (χ0n) is 12.6. The molecule has 0 bridgehead atoms. The van der Waals surface area contributed by atoms with Crippen molar-refractivity contribution >= 4 is 5.91 Å². The summed E-state index contributed by atoms with van der Waals surface area (Å²) in [6.45, 7) is 0.764. The highest BCUT2D eigenvalue weighted by Gasteiger charge is 2.22. The number of nitrogens with zero attached hydrogens (tertiary/aromatic N) is 4. The van der Waals surface area contributed by atoms with Crippen LogP contribution in [0.1, 0.15) is 22.7 Å². The smallest absolute Gasteiger partial charge is 0.270 e. The summed E-state index contributed by atoms with van der Waals surface area (Å²) < 4.78 is 3.91. The largest absolute Gasteiger partial charge is 0.346 e. The number of carbonyl (C=O) groups excluding carboxylic acids is 1. The van der Waals surface area contributed by atoms with Gasteiger partial charge < -0.3 is 9.88 Å². The van der Waals surface area contributed by atoms with E-state index in [4.69, 9.17) is 0 Å². The van der Waals surface area contributed by atoms with Crippen molar-refractivity contribution < 1.29 is 4.79 Å². The number of para-hydroxylation sites is 1. The Bertz CT molecular complexity index is 820. The molecule has 0 saturated carbocycles. The van der Waals surface area contributed by atoms with Gasteiger partial charge in [-0.05, 0) is 18.6 Å². The van der Waals surface area contributed by atoms with Crippen molar-refractivity contribution in [2.45, 2.75) is 25.4 Å². The first-order valence-corrected chi connectivity index (χ1v) is 7.70. The molecule has 1 aliphatic heterocycles. The van der Waals surface area contributed by atoms with Gasteiger partial charge in [0.05, 0.1) is 12.5 Å². The van der Waals surface area contributed by atoms with Gasteiger partial charge in [0.2, 0.25) is 0 Å². The van der Waals surface area contributed by atoms with Crippen LogP contribution in [0.4, 0.5) is 0 Å². The van der Waals surface area contributed by atoms with Crippen molar-refractivity contribution in [2.75, 3.05) is 0 Å². The van der Waals surface area contributed by atoms with Crippen molar-refractivity contribution in [1.29, 1.82) is 0 Å². The van der Waals surface area contributed by atoms with Crippen LogP contribution < -0.4 is 5.32 Å². The minimum Gasteiger partial charge on any atom is -0.346 e. The van der Waals surface area contributed by atoms with Crippen LogP contribution in [0.3, 0.4) is 0 Å². The number of fused-ring (bicyclic) bond motifs is 1. The second-order valence-corrected chi connectivity index (χ2v) is 5.69. The van der Waals surface area contributed by atoms with Crippen molar-refractivity contribution in [2.24, 2.45) is 0 Å². The topological polar surface area (TPSA) is 64.7 Å². The number of hydrogen-bond donors (Lipinski definition) is 1. The Hall–Kier alpha value is -2.89. The second kappa shape index (κ2) is 5.72. The van der Waals surface area contributed by atoms with Gasteiger partial charge in [0.1, 0.15) is 11.5 Å². The van der Waals surface area contributed by atoms with Gasteiger partial charge in [-0.1, -0.05) is 18.2 Å². The molecule has 3 aromatic rings. The maximum Gasteiger partial charge on any atom is 0.270 e. The third kappa shape index (κ3) is 2.63. The molecule has 0 spiro atoms. The van der Waals surface area contributed by atoms with E-state index in [0.717, 1.165) is 30.9 Å². The third-order valence-electron chi connectivity index (χ3n) is 4.18. The fourth-order valence-corrected chi connectivity index (χ4v) is 3.00. The van der Waals surface area contributed by atoms with E-state index in [-0.39, 0.29) is 11.9 Å². The highest BCUT2D eigenvalue weighted by atomic mass is 16.2. The zero-order valence-corrected chi connectivity index (χ0v) is 12.6. The maximum absolute atomic E-state index is 12.6. The summed E-state index contributed by atoms with van der Waals surface area (Å²) in [5, 5.41) is 3.11. The second-order valence-electron chi connectivity index (χ2n) is 5.69. The number of nitrogens with one attached hydrogen (secondary N) is 1. The van der Waals surface area contributed by atoms with E-state index in [9.17, 15) is 4.79 Å². The minimum absolute atomic E-state index is 0.0973. The number of amides is 1. The Morgan fingerprint density at radius 2 is 2.13 bits per heavy atom. The van der Waals surface area contributed by atoms with E-state index in [1.54, 1.807) is 17.1 Å². The number of aromatic nitrogens is 4. The molecule has 6 nitrogen and oxygen atoms in total. The fourth-order valence-electron chi connectivity index (χ4n) is 3.00. The molecule has 1 aromatic carbocycles. The van der Waals surface area contributed by atoms with Gasteiger partial charge in [0.25, 0.3) is 5.91 Å². The summed E-state index contributed by atoms with van der Waals surface area (Å²) in [7, 11) is 0. The molecule has 0 fully saturated rings. The molecular weight excluding hydrogens is 290 g/mol. The normalized spacial score (nSPS) is 16.8. The predicted molar refractivity (Wildman–Crippen MR) is 85.4 cm³/mol. The Kier molecular flexibility index (Phi) is 3.42. The van der Waals surface area contributed by atoms with Crippen LogP contribution in [0.5, 0.6) is 0 Å². The van der Waals surface area contributed by atoms with E-state index in [1.807, 2.05) is 42.7 Å². The fraction of sp³-hybridized carbons (Fsp3) is 0.235. The molecular formula is C17H17N5O. The van der Waals surface area contributed by atoms with Crippen LogP contribution in [0, 0.1) is 0 Å². The molecule has 4 rings (SSSR count). The first-order valence-electron chi connectivity index (χ1n) is 7.70. The van der Waals surface area contributed by atoms with Gasteiger partial charge in [-0.15, -0.1) is 0 Å². The number of imidazole rings is 2. The SMILES string of the molecule is O=C(N[C@@H]1CCc2nccn2C1)c1cncn1-c1ccccc1. The zero-order chi connectivity index (χ0) is 15.6. The minimum atomic E-state index is -0.0973. The maximum atomic E-state index is 12.6. The van der Waals surface area contributed by atoms with E-state index < -0.39 is 0 Å². The van der Waals surface area contributed by atoms with Crippen LogP contribution in [0.2, 0.25) is 0 Å². The van der Waals surface area contributed by atoms with Crippen molar-refractivity contribution in [1.82, 2.24) is 24.4 Å². The molecule has 1 atom stereocenters. The lowest BCUT2D eigenvalue weighted by molar-refractivity contribution is 0.0920. The van der Waals surface area contributed by atoms with E-state index in [0.29, 0.717) is 5.69 Å². The summed E-state index contributed by atoms with van der Waals surface area (Å²) in [6, 6.07) is 9.86. The molecule has 2 aromatic heterocycles. The predicted octanol–water partition coefficient (Wildman–Crippen LogP) is 1.81. The summed E-state index contributed by atoms with van der Waals surface area (Å²) in [4.78, 5) is 21.1. The van der Waals surface area contributed by atoms with E-state index >= 15 is 0 Å². The Morgan fingerprint density at radius 1 is 1.26 bits per heavy atom. The molecule has 3 heterocycles. The molecule has 1 N–H and O–H groups in total. The molecule has 23 heavy (non-hydrogen) atoms. The average Bonchev–Trinajstić information content (AvgIpc) is 3.24. The van der Waals surface area contributed by atoms with E-state index in [1.165, 1.54) is 0 Å². The Labute approximate surface area is 133 Å². The number of hydrogen-bond acceptors (Lipinski definition) is 3. The van der Waals surface area contributed by atoms with Crippen molar-refractivity contribution in [3.05, 3.63) is 66.8 Å². The lowest BCUT2D eigenvalue weighted by atomic mass is 10.1. The molecule has 6 heteroatoms. The molecule has 0 aliphatic carbocycles. The molecule has 0 saturated heterocycles. The lowest BCUT2D eigenvalue weighted by Crippen LogP contribution is -2.41. The lowest BCUT2D eigenvalue weighted by Gasteiger charge is -2.24.